The molecule has 13 heteroatoms. The fourth-order valence-electron chi connectivity index (χ4n) is 3.47. The number of aromatic nitrogens is 4. The molecule has 4 rings (SSSR count). The van der Waals surface area contributed by atoms with Crippen molar-refractivity contribution in [2.75, 3.05) is 0 Å². The van der Waals surface area contributed by atoms with E-state index < -0.39 is 47.8 Å². The van der Waals surface area contributed by atoms with E-state index in [-0.39, 0.29) is 22.4 Å². The lowest BCUT2D eigenvalue weighted by Crippen LogP contribution is -2.43. The first-order chi connectivity index (χ1) is 15.6. The van der Waals surface area contributed by atoms with Gasteiger partial charge in [-0.2, -0.15) is 10.1 Å². The second-order valence-corrected chi connectivity index (χ2v) is 8.14. The van der Waals surface area contributed by atoms with E-state index in [0.717, 1.165) is 10.7 Å². The molecule has 1 unspecified atom stereocenters. The molecule has 1 atom stereocenters. The van der Waals surface area contributed by atoms with Gasteiger partial charge in [-0.05, 0) is 43.5 Å². The SMILES string of the molecule is CC(NC(=O)Cn1nc(-c2nc(C3(c4ccc(F)cc4Cl)CC3)no2)cc1C(F)F)C(N)=O. The standard InChI is InChI=1S/C20H18ClF3N6O3/c1-9(17(25)32)26-15(31)8-30-14(16(23)24)7-13(28-30)18-27-19(29-33-18)20(4-5-20)11-3-2-10(22)6-12(11)21/h2-3,6-7,9,16H,4-5,8H2,1H3,(H2,25,32)(H,26,31). The molecule has 33 heavy (non-hydrogen) atoms. The third-order valence-corrected chi connectivity index (χ3v) is 5.71. The van der Waals surface area contributed by atoms with Crippen LogP contribution in [0.2, 0.25) is 5.02 Å². The molecule has 3 N–H and O–H groups in total. The highest BCUT2D eigenvalue weighted by Gasteiger charge is 2.51. The summed E-state index contributed by atoms with van der Waals surface area (Å²) in [5.74, 6) is -1.83. The van der Waals surface area contributed by atoms with Crippen molar-refractivity contribution in [1.82, 2.24) is 25.2 Å². The van der Waals surface area contributed by atoms with Crippen molar-refractivity contribution >= 4 is 23.4 Å². The van der Waals surface area contributed by atoms with E-state index in [4.69, 9.17) is 21.9 Å². The summed E-state index contributed by atoms with van der Waals surface area (Å²) in [6, 6.07) is 4.09. The number of rotatable bonds is 8. The zero-order valence-corrected chi connectivity index (χ0v) is 17.9. The largest absolute Gasteiger partial charge is 0.368 e. The third-order valence-electron chi connectivity index (χ3n) is 5.40. The molecule has 1 saturated carbocycles. The Bertz CT molecular complexity index is 1220. The van der Waals surface area contributed by atoms with Crippen LogP contribution in [0.15, 0.2) is 28.8 Å². The Kier molecular flexibility index (Phi) is 5.87. The van der Waals surface area contributed by atoms with E-state index in [0.29, 0.717) is 18.4 Å². The van der Waals surface area contributed by atoms with Crippen LogP contribution < -0.4 is 11.1 Å². The van der Waals surface area contributed by atoms with Crippen LogP contribution >= 0.6 is 11.6 Å². The van der Waals surface area contributed by atoms with Crippen molar-refractivity contribution in [1.29, 1.82) is 0 Å². The number of carbonyl (C=O) groups is 2. The molecule has 2 aromatic heterocycles. The lowest BCUT2D eigenvalue weighted by Gasteiger charge is -2.12. The molecule has 1 aliphatic rings. The minimum atomic E-state index is -2.94. The number of carbonyl (C=O) groups excluding carboxylic acids is 2. The van der Waals surface area contributed by atoms with Crippen LogP contribution in [0.25, 0.3) is 11.6 Å². The van der Waals surface area contributed by atoms with Crippen molar-refractivity contribution < 1.29 is 27.3 Å². The van der Waals surface area contributed by atoms with Crippen molar-refractivity contribution in [2.45, 2.75) is 44.2 Å². The van der Waals surface area contributed by atoms with Gasteiger partial charge < -0.3 is 15.6 Å². The smallest absolute Gasteiger partial charge is 0.280 e. The van der Waals surface area contributed by atoms with Gasteiger partial charge in [-0.15, -0.1) is 0 Å². The second kappa shape index (κ2) is 8.50. The summed E-state index contributed by atoms with van der Waals surface area (Å²) in [6.45, 7) is 0.789. The molecule has 1 fully saturated rings. The quantitative estimate of drug-likeness (QED) is 0.508. The summed E-state index contributed by atoms with van der Waals surface area (Å²) in [7, 11) is 0. The van der Waals surface area contributed by atoms with Crippen LogP contribution in [-0.2, 0) is 21.5 Å². The number of nitrogens with two attached hydrogens (primary N) is 1. The molecule has 0 saturated heterocycles. The van der Waals surface area contributed by atoms with Gasteiger partial charge in [0.25, 0.3) is 12.3 Å². The molecule has 2 amide bonds. The summed E-state index contributed by atoms with van der Waals surface area (Å²) < 4.78 is 46.5. The zero-order valence-electron chi connectivity index (χ0n) is 17.2. The Balaban J connectivity index is 1.60. The van der Waals surface area contributed by atoms with E-state index in [1.165, 1.54) is 19.1 Å². The molecule has 0 aliphatic heterocycles. The fourth-order valence-corrected chi connectivity index (χ4v) is 3.82. The summed E-state index contributed by atoms with van der Waals surface area (Å²) in [5, 5.41) is 10.5. The van der Waals surface area contributed by atoms with Crippen molar-refractivity contribution in [3.63, 3.8) is 0 Å². The monoisotopic (exact) mass is 482 g/mol. The first-order valence-corrected chi connectivity index (χ1v) is 10.2. The first-order valence-electron chi connectivity index (χ1n) is 9.85. The lowest BCUT2D eigenvalue weighted by atomic mass is 9.95. The topological polar surface area (TPSA) is 129 Å². The molecular weight excluding hydrogens is 465 g/mol. The van der Waals surface area contributed by atoms with Gasteiger partial charge in [0.05, 0.1) is 5.41 Å². The normalized spacial score (nSPS) is 15.5. The Morgan fingerprint density at radius 1 is 1.33 bits per heavy atom. The second-order valence-electron chi connectivity index (χ2n) is 7.73. The van der Waals surface area contributed by atoms with E-state index in [2.05, 4.69) is 20.6 Å². The maximum Gasteiger partial charge on any atom is 0.280 e. The average Bonchev–Trinajstić information content (AvgIpc) is 3.18. The molecule has 9 nitrogen and oxygen atoms in total. The number of benzene rings is 1. The number of hydrogen-bond acceptors (Lipinski definition) is 6. The summed E-state index contributed by atoms with van der Waals surface area (Å²) in [4.78, 5) is 27.5. The number of primary amides is 1. The highest BCUT2D eigenvalue weighted by atomic mass is 35.5. The summed E-state index contributed by atoms with van der Waals surface area (Å²) in [5.41, 5.74) is 4.46. The maximum absolute atomic E-state index is 13.5. The van der Waals surface area contributed by atoms with E-state index >= 15 is 0 Å². The predicted octanol–water partition coefficient (Wildman–Crippen LogP) is 2.73. The number of nitrogens with zero attached hydrogens (tertiary/aromatic N) is 4. The van der Waals surface area contributed by atoms with Gasteiger partial charge in [0.15, 0.2) is 11.5 Å². The number of amides is 2. The number of hydrogen-bond donors (Lipinski definition) is 2. The van der Waals surface area contributed by atoms with Crippen LogP contribution in [-0.4, -0.2) is 37.8 Å². The lowest BCUT2D eigenvalue weighted by molar-refractivity contribution is -0.127. The van der Waals surface area contributed by atoms with Gasteiger partial charge >= 0.3 is 0 Å². The van der Waals surface area contributed by atoms with Gasteiger partial charge in [-0.1, -0.05) is 22.8 Å². The molecule has 0 spiro atoms. The number of alkyl halides is 2. The first kappa shape index (κ1) is 22.8. The highest BCUT2D eigenvalue weighted by molar-refractivity contribution is 6.31. The average molecular weight is 483 g/mol. The molecule has 1 aromatic carbocycles. The highest BCUT2D eigenvalue weighted by Crippen LogP contribution is 2.54. The molecular formula is C20H18ClF3N6O3. The van der Waals surface area contributed by atoms with Crippen LogP contribution in [0.1, 0.15) is 43.3 Å². The summed E-state index contributed by atoms with van der Waals surface area (Å²) in [6.07, 6.45) is -1.65. The van der Waals surface area contributed by atoms with Crippen LogP contribution in [0, 0.1) is 5.82 Å². The maximum atomic E-state index is 13.5. The van der Waals surface area contributed by atoms with E-state index in [9.17, 15) is 22.8 Å². The Hall–Kier alpha value is -3.41. The van der Waals surface area contributed by atoms with Crippen LogP contribution in [0.4, 0.5) is 13.2 Å². The Labute approximate surface area is 190 Å². The Morgan fingerprint density at radius 2 is 2.06 bits per heavy atom. The minimum Gasteiger partial charge on any atom is -0.368 e. The molecule has 0 radical (unpaired) electrons. The molecule has 1 aliphatic carbocycles. The predicted molar refractivity (Wildman–Crippen MR) is 109 cm³/mol. The van der Waals surface area contributed by atoms with E-state index in [1.807, 2.05) is 0 Å². The van der Waals surface area contributed by atoms with Crippen molar-refractivity contribution in [3.8, 4) is 11.6 Å². The minimum absolute atomic E-state index is 0.0548. The molecule has 174 valence electrons. The van der Waals surface area contributed by atoms with Crippen LogP contribution in [0.5, 0.6) is 0 Å². The van der Waals surface area contributed by atoms with Gasteiger partial charge in [0.1, 0.15) is 24.1 Å². The number of nitrogens with one attached hydrogen (secondary N) is 1. The van der Waals surface area contributed by atoms with Gasteiger partial charge in [0.2, 0.25) is 11.8 Å². The molecule has 2 heterocycles. The third kappa shape index (κ3) is 4.42. The molecule has 0 bridgehead atoms. The van der Waals surface area contributed by atoms with Gasteiger partial charge in [0, 0.05) is 5.02 Å². The zero-order chi connectivity index (χ0) is 23.9. The number of halogens is 4. The fraction of sp³-hybridized carbons (Fsp3) is 0.350. The Morgan fingerprint density at radius 3 is 2.67 bits per heavy atom. The van der Waals surface area contributed by atoms with Crippen molar-refractivity contribution in [3.05, 3.63) is 52.2 Å². The van der Waals surface area contributed by atoms with E-state index in [1.54, 1.807) is 6.07 Å². The van der Waals surface area contributed by atoms with Crippen molar-refractivity contribution in [2.24, 2.45) is 5.73 Å². The van der Waals surface area contributed by atoms with Crippen LogP contribution in [0.3, 0.4) is 0 Å². The molecule has 3 aromatic rings. The van der Waals surface area contributed by atoms with Gasteiger partial charge in [-0.3, -0.25) is 14.3 Å². The van der Waals surface area contributed by atoms with Gasteiger partial charge in [-0.25, -0.2) is 13.2 Å². The summed E-state index contributed by atoms with van der Waals surface area (Å²) >= 11 is 6.20.